The number of aromatic carboxylic acids is 1. The van der Waals surface area contributed by atoms with Crippen LogP contribution in [-0.4, -0.2) is 16.2 Å². The average Bonchev–Trinajstić information content (AvgIpc) is 2.12. The zero-order chi connectivity index (χ0) is 14.3. The predicted molar refractivity (Wildman–Crippen MR) is 45.1 cm³/mol. The van der Waals surface area contributed by atoms with E-state index in [1.165, 1.54) is 0 Å². The number of alkyl halides is 6. The molecular weight excluding hydrogens is 270 g/mol. The molecule has 3 nitrogen and oxygen atoms in total. The van der Waals surface area contributed by atoms with Crippen molar-refractivity contribution in [3.8, 4) is 5.75 Å². The van der Waals surface area contributed by atoms with Crippen LogP contribution in [0.4, 0.5) is 26.3 Å². The van der Waals surface area contributed by atoms with Gasteiger partial charge >= 0.3 is 18.3 Å². The first-order valence-electron chi connectivity index (χ1n) is 4.19. The highest BCUT2D eigenvalue weighted by Gasteiger charge is 2.46. The van der Waals surface area contributed by atoms with Crippen molar-refractivity contribution in [2.24, 2.45) is 0 Å². The molecule has 0 unspecified atom stereocenters. The highest BCUT2D eigenvalue weighted by atomic mass is 19.4. The topological polar surface area (TPSA) is 57.5 Å². The van der Waals surface area contributed by atoms with Crippen LogP contribution in [0.3, 0.4) is 0 Å². The molecule has 0 fully saturated rings. The molecule has 0 spiro atoms. The van der Waals surface area contributed by atoms with Crippen molar-refractivity contribution >= 4 is 5.97 Å². The van der Waals surface area contributed by atoms with E-state index in [1.54, 1.807) is 0 Å². The Bertz CT molecular complexity index is 488. The third kappa shape index (κ3) is 2.66. The number of halogens is 6. The highest BCUT2D eigenvalue weighted by molar-refractivity contribution is 5.90. The minimum Gasteiger partial charge on any atom is -0.508 e. The Balaban J connectivity index is 3.76. The molecule has 0 radical (unpaired) electrons. The maximum absolute atomic E-state index is 12.5. The molecule has 18 heavy (non-hydrogen) atoms. The van der Waals surface area contributed by atoms with Crippen LogP contribution in [-0.2, 0) is 12.4 Å². The van der Waals surface area contributed by atoms with Crippen molar-refractivity contribution in [3.05, 3.63) is 28.8 Å². The molecule has 0 aromatic heterocycles. The summed E-state index contributed by atoms with van der Waals surface area (Å²) in [5, 5.41) is 17.3. The molecular formula is C9H4F6O3. The van der Waals surface area contributed by atoms with Gasteiger partial charge in [-0.05, 0) is 12.1 Å². The van der Waals surface area contributed by atoms with Crippen molar-refractivity contribution in [2.75, 3.05) is 0 Å². The van der Waals surface area contributed by atoms with Crippen molar-refractivity contribution < 1.29 is 41.4 Å². The van der Waals surface area contributed by atoms with Gasteiger partial charge in [0.05, 0.1) is 16.7 Å². The first kappa shape index (κ1) is 14.1. The van der Waals surface area contributed by atoms with E-state index in [0.717, 1.165) is 0 Å². The summed E-state index contributed by atoms with van der Waals surface area (Å²) in [6, 6.07) is -0.0599. The van der Waals surface area contributed by atoms with Gasteiger partial charge in [0.1, 0.15) is 5.75 Å². The van der Waals surface area contributed by atoms with Crippen LogP contribution in [0.5, 0.6) is 5.75 Å². The number of phenols is 1. The fourth-order valence-corrected chi connectivity index (χ4v) is 1.32. The van der Waals surface area contributed by atoms with Crippen LogP contribution >= 0.6 is 0 Å². The molecule has 0 heterocycles. The highest BCUT2D eigenvalue weighted by Crippen LogP contribution is 2.43. The fraction of sp³-hybridized carbons (Fsp3) is 0.222. The molecule has 0 bridgehead atoms. The Morgan fingerprint density at radius 1 is 1.00 bits per heavy atom. The molecule has 0 aliphatic carbocycles. The van der Waals surface area contributed by atoms with E-state index in [-0.39, 0.29) is 12.1 Å². The molecule has 0 amide bonds. The third-order valence-corrected chi connectivity index (χ3v) is 1.94. The number of aromatic hydroxyl groups is 1. The third-order valence-electron chi connectivity index (χ3n) is 1.94. The van der Waals surface area contributed by atoms with E-state index in [2.05, 4.69) is 0 Å². The summed E-state index contributed by atoms with van der Waals surface area (Å²) in [5.74, 6) is -3.43. The Hall–Kier alpha value is -1.93. The van der Waals surface area contributed by atoms with E-state index in [0.29, 0.717) is 0 Å². The first-order chi connectivity index (χ1) is 7.94. The van der Waals surface area contributed by atoms with Crippen molar-refractivity contribution in [1.29, 1.82) is 0 Å². The summed E-state index contributed by atoms with van der Waals surface area (Å²) in [6.45, 7) is 0. The number of hydrogen-bond acceptors (Lipinski definition) is 2. The maximum Gasteiger partial charge on any atom is 0.417 e. The van der Waals surface area contributed by atoms with Crippen LogP contribution < -0.4 is 0 Å². The minimum atomic E-state index is -5.51. The largest absolute Gasteiger partial charge is 0.508 e. The number of rotatable bonds is 1. The zero-order valence-electron chi connectivity index (χ0n) is 8.23. The lowest BCUT2D eigenvalue weighted by molar-refractivity contribution is -0.162. The molecule has 0 aliphatic heterocycles. The Kier molecular flexibility index (Phi) is 3.20. The lowest BCUT2D eigenvalue weighted by Gasteiger charge is -2.17. The number of benzene rings is 1. The standard InChI is InChI=1S/C9H4F6O3/c10-8(11,12)5-2-3(16)1-4(7(17)18)6(5)9(13,14)15/h1-2,16H,(H,17,18). The van der Waals surface area contributed by atoms with Gasteiger partial charge in [-0.1, -0.05) is 0 Å². The van der Waals surface area contributed by atoms with E-state index in [9.17, 15) is 31.1 Å². The summed E-state index contributed by atoms with van der Waals surface area (Å²) < 4.78 is 74.7. The van der Waals surface area contributed by atoms with Gasteiger partial charge in [-0.3, -0.25) is 0 Å². The van der Waals surface area contributed by atoms with Gasteiger partial charge < -0.3 is 10.2 Å². The molecule has 0 atom stereocenters. The normalized spacial score (nSPS) is 12.6. The van der Waals surface area contributed by atoms with Crippen molar-refractivity contribution in [3.63, 3.8) is 0 Å². The lowest BCUT2D eigenvalue weighted by atomic mass is 9.99. The summed E-state index contributed by atoms with van der Waals surface area (Å²) in [5.41, 5.74) is -6.23. The molecule has 9 heteroatoms. The predicted octanol–water partition coefficient (Wildman–Crippen LogP) is 3.13. The van der Waals surface area contributed by atoms with Gasteiger partial charge in [-0.25, -0.2) is 4.79 Å². The van der Waals surface area contributed by atoms with Gasteiger partial charge in [0.15, 0.2) is 0 Å². The number of phenolic OH excluding ortho intramolecular Hbond substituents is 1. The van der Waals surface area contributed by atoms with Crippen LogP contribution in [0.1, 0.15) is 21.5 Å². The smallest absolute Gasteiger partial charge is 0.417 e. The quantitative estimate of drug-likeness (QED) is 0.773. The van der Waals surface area contributed by atoms with Gasteiger partial charge in [0, 0.05) is 0 Å². The minimum absolute atomic E-state index is 0.112. The van der Waals surface area contributed by atoms with Crippen LogP contribution in [0.25, 0.3) is 0 Å². The van der Waals surface area contributed by atoms with Crippen molar-refractivity contribution in [1.82, 2.24) is 0 Å². The zero-order valence-corrected chi connectivity index (χ0v) is 8.23. The molecule has 2 N–H and O–H groups in total. The SMILES string of the molecule is O=C(O)c1cc(O)cc(C(F)(F)F)c1C(F)(F)F. The average molecular weight is 274 g/mol. The van der Waals surface area contributed by atoms with Gasteiger partial charge in [0.2, 0.25) is 0 Å². The fourth-order valence-electron chi connectivity index (χ4n) is 1.32. The van der Waals surface area contributed by atoms with E-state index < -0.39 is 40.8 Å². The Morgan fingerprint density at radius 3 is 1.83 bits per heavy atom. The molecule has 0 saturated carbocycles. The molecule has 0 aliphatic rings. The summed E-state index contributed by atoms with van der Waals surface area (Å²) in [4.78, 5) is 10.5. The molecule has 1 aromatic rings. The molecule has 0 saturated heterocycles. The van der Waals surface area contributed by atoms with Gasteiger partial charge in [-0.15, -0.1) is 0 Å². The van der Waals surface area contributed by atoms with Crippen LogP contribution in [0.15, 0.2) is 12.1 Å². The monoisotopic (exact) mass is 274 g/mol. The van der Waals surface area contributed by atoms with Crippen molar-refractivity contribution in [2.45, 2.75) is 12.4 Å². The second-order valence-electron chi connectivity index (χ2n) is 3.22. The molecule has 1 aromatic carbocycles. The van der Waals surface area contributed by atoms with E-state index >= 15 is 0 Å². The summed E-state index contributed by atoms with van der Waals surface area (Å²) >= 11 is 0. The lowest BCUT2D eigenvalue weighted by Crippen LogP contribution is -2.20. The van der Waals surface area contributed by atoms with Gasteiger partial charge in [-0.2, -0.15) is 26.3 Å². The summed E-state index contributed by atoms with van der Waals surface area (Å²) in [7, 11) is 0. The second-order valence-corrected chi connectivity index (χ2v) is 3.22. The summed E-state index contributed by atoms with van der Waals surface area (Å²) in [6.07, 6.45) is -10.9. The molecule has 100 valence electrons. The van der Waals surface area contributed by atoms with E-state index in [4.69, 9.17) is 10.2 Å². The number of hydrogen-bond donors (Lipinski definition) is 2. The number of carbonyl (C=O) groups is 1. The number of carboxylic acids is 1. The molecule has 1 rings (SSSR count). The van der Waals surface area contributed by atoms with Gasteiger partial charge in [0.25, 0.3) is 0 Å². The Morgan fingerprint density at radius 2 is 1.50 bits per heavy atom. The number of carboxylic acid groups (broad SMARTS) is 1. The van der Waals surface area contributed by atoms with E-state index in [1.807, 2.05) is 0 Å². The van der Waals surface area contributed by atoms with Crippen LogP contribution in [0, 0.1) is 0 Å². The Labute approximate surface area is 95.3 Å². The first-order valence-corrected chi connectivity index (χ1v) is 4.19. The maximum atomic E-state index is 12.5. The van der Waals surface area contributed by atoms with Crippen LogP contribution in [0.2, 0.25) is 0 Å². The second kappa shape index (κ2) is 4.07.